The number of halogens is 2. The number of rotatable bonds is 6. The Morgan fingerprint density at radius 1 is 1.29 bits per heavy atom. The van der Waals surface area contributed by atoms with Gasteiger partial charge in [-0.25, -0.2) is 4.39 Å². The van der Waals surface area contributed by atoms with E-state index < -0.39 is 0 Å². The molecule has 3 rings (SSSR count). The van der Waals surface area contributed by atoms with Crippen LogP contribution in [0.5, 0.6) is 0 Å². The van der Waals surface area contributed by atoms with Crippen molar-refractivity contribution < 1.29 is 4.39 Å². The third-order valence-electron chi connectivity index (χ3n) is 5.30. The van der Waals surface area contributed by atoms with Crippen molar-refractivity contribution in [1.29, 1.82) is 0 Å². The largest absolute Gasteiger partial charge is 0.313 e. The molecule has 0 amide bonds. The van der Waals surface area contributed by atoms with Gasteiger partial charge in [0.1, 0.15) is 5.82 Å². The highest BCUT2D eigenvalue weighted by Crippen LogP contribution is 2.57. The topological polar surface area (TPSA) is 12.0 Å². The summed E-state index contributed by atoms with van der Waals surface area (Å²) >= 11 is 3.34. The third kappa shape index (κ3) is 3.50. The van der Waals surface area contributed by atoms with Crippen LogP contribution in [0.1, 0.15) is 44.6 Å². The van der Waals surface area contributed by atoms with Crippen LogP contribution in [0.2, 0.25) is 0 Å². The monoisotopic (exact) mass is 353 g/mol. The number of hydrogen-bond donors (Lipinski definition) is 1. The zero-order valence-corrected chi connectivity index (χ0v) is 14.3. The fraction of sp³-hybridized carbons (Fsp3) is 0.667. The minimum absolute atomic E-state index is 0.0729. The summed E-state index contributed by atoms with van der Waals surface area (Å²) in [5.41, 5.74) is 0.857. The van der Waals surface area contributed by atoms with Crippen LogP contribution in [0.3, 0.4) is 0 Å². The van der Waals surface area contributed by atoms with Crippen molar-refractivity contribution in [3.63, 3.8) is 0 Å². The molecule has 2 aliphatic carbocycles. The van der Waals surface area contributed by atoms with Gasteiger partial charge in [-0.15, -0.1) is 0 Å². The van der Waals surface area contributed by atoms with Crippen LogP contribution in [0.4, 0.5) is 4.39 Å². The first-order valence-corrected chi connectivity index (χ1v) is 9.17. The van der Waals surface area contributed by atoms with Crippen LogP contribution in [0, 0.1) is 23.6 Å². The Bertz CT molecular complexity index is 478. The third-order valence-corrected chi connectivity index (χ3v) is 5.79. The van der Waals surface area contributed by atoms with E-state index in [4.69, 9.17) is 0 Å². The molecule has 0 aliphatic heterocycles. The van der Waals surface area contributed by atoms with Crippen molar-refractivity contribution in [2.75, 3.05) is 6.54 Å². The first-order chi connectivity index (χ1) is 10.2. The molecule has 116 valence electrons. The molecular formula is C18H25BrFN. The Hall–Kier alpha value is -0.410. The average molecular weight is 354 g/mol. The molecule has 21 heavy (non-hydrogen) atoms. The maximum Gasteiger partial charge on any atom is 0.127 e. The molecule has 1 nitrogen and oxygen atoms in total. The van der Waals surface area contributed by atoms with E-state index in [-0.39, 0.29) is 5.82 Å². The summed E-state index contributed by atoms with van der Waals surface area (Å²) in [5.74, 6) is 2.52. The van der Waals surface area contributed by atoms with Gasteiger partial charge in [0.05, 0.1) is 0 Å². The van der Waals surface area contributed by atoms with Gasteiger partial charge in [-0.2, -0.15) is 0 Å². The van der Waals surface area contributed by atoms with Gasteiger partial charge in [0.2, 0.25) is 0 Å². The van der Waals surface area contributed by atoms with Crippen molar-refractivity contribution >= 4 is 15.9 Å². The SMILES string of the molecule is CCCNC(Cc1ccc(Br)cc1F)C1C2CCCCC21. The summed E-state index contributed by atoms with van der Waals surface area (Å²) in [7, 11) is 0. The average Bonchev–Trinajstić information content (AvgIpc) is 3.20. The van der Waals surface area contributed by atoms with Gasteiger partial charge in [0.25, 0.3) is 0 Å². The summed E-state index contributed by atoms with van der Waals surface area (Å²) in [6.45, 7) is 3.24. The van der Waals surface area contributed by atoms with Gasteiger partial charge in [-0.05, 0) is 67.7 Å². The van der Waals surface area contributed by atoms with E-state index in [9.17, 15) is 4.39 Å². The zero-order chi connectivity index (χ0) is 14.8. The lowest BCUT2D eigenvalue weighted by Crippen LogP contribution is -2.35. The van der Waals surface area contributed by atoms with Crippen LogP contribution in [0.15, 0.2) is 22.7 Å². The minimum Gasteiger partial charge on any atom is -0.313 e. The Labute approximate surface area is 135 Å². The van der Waals surface area contributed by atoms with Crippen molar-refractivity contribution in [2.45, 2.75) is 51.5 Å². The molecule has 2 fully saturated rings. The highest BCUT2D eigenvalue weighted by molar-refractivity contribution is 9.10. The highest BCUT2D eigenvalue weighted by atomic mass is 79.9. The molecule has 0 aromatic heterocycles. The van der Waals surface area contributed by atoms with E-state index in [1.807, 2.05) is 12.1 Å². The van der Waals surface area contributed by atoms with Crippen LogP contribution < -0.4 is 5.32 Å². The van der Waals surface area contributed by atoms with E-state index in [0.717, 1.165) is 47.2 Å². The second-order valence-electron chi connectivity index (χ2n) is 6.69. The van der Waals surface area contributed by atoms with E-state index >= 15 is 0 Å². The van der Waals surface area contributed by atoms with Gasteiger partial charge in [0, 0.05) is 10.5 Å². The van der Waals surface area contributed by atoms with Crippen molar-refractivity contribution in [3.05, 3.63) is 34.1 Å². The quantitative estimate of drug-likeness (QED) is 0.763. The van der Waals surface area contributed by atoms with Gasteiger partial charge >= 0.3 is 0 Å². The molecule has 2 saturated carbocycles. The predicted molar refractivity (Wildman–Crippen MR) is 88.8 cm³/mol. The summed E-state index contributed by atoms with van der Waals surface area (Å²) in [4.78, 5) is 0. The Morgan fingerprint density at radius 2 is 2.00 bits per heavy atom. The Kier molecular flexibility index (Phi) is 5.00. The molecule has 2 aliphatic rings. The Morgan fingerprint density at radius 3 is 2.62 bits per heavy atom. The van der Waals surface area contributed by atoms with Crippen LogP contribution in [-0.2, 0) is 6.42 Å². The van der Waals surface area contributed by atoms with Gasteiger partial charge in [0.15, 0.2) is 0 Å². The van der Waals surface area contributed by atoms with Crippen molar-refractivity contribution in [2.24, 2.45) is 17.8 Å². The molecule has 0 bridgehead atoms. The molecule has 0 radical (unpaired) electrons. The number of nitrogens with one attached hydrogen (secondary N) is 1. The molecule has 3 heteroatoms. The maximum absolute atomic E-state index is 14.1. The van der Waals surface area contributed by atoms with E-state index in [0.29, 0.717) is 6.04 Å². The maximum atomic E-state index is 14.1. The van der Waals surface area contributed by atoms with Crippen LogP contribution in [-0.4, -0.2) is 12.6 Å². The summed E-state index contributed by atoms with van der Waals surface area (Å²) in [6.07, 6.45) is 7.54. The molecule has 1 aromatic rings. The molecule has 1 aromatic carbocycles. The second kappa shape index (κ2) is 6.78. The zero-order valence-electron chi connectivity index (χ0n) is 12.7. The van der Waals surface area contributed by atoms with Crippen LogP contribution >= 0.6 is 15.9 Å². The Balaban J connectivity index is 1.70. The lowest BCUT2D eigenvalue weighted by atomic mass is 9.99. The highest BCUT2D eigenvalue weighted by Gasteiger charge is 2.53. The fourth-order valence-electron chi connectivity index (χ4n) is 4.24. The second-order valence-corrected chi connectivity index (χ2v) is 7.61. The molecule has 1 N–H and O–H groups in total. The minimum atomic E-state index is -0.0729. The molecule has 0 spiro atoms. The lowest BCUT2D eigenvalue weighted by molar-refractivity contribution is 0.421. The summed E-state index contributed by atoms with van der Waals surface area (Å²) in [6, 6.07) is 5.93. The van der Waals surface area contributed by atoms with Crippen LogP contribution in [0.25, 0.3) is 0 Å². The van der Waals surface area contributed by atoms with Crippen molar-refractivity contribution in [3.8, 4) is 0 Å². The predicted octanol–water partition coefficient (Wildman–Crippen LogP) is 4.94. The van der Waals surface area contributed by atoms with E-state index in [1.165, 1.54) is 25.7 Å². The molecule has 3 atom stereocenters. The standard InChI is InChI=1S/C18H25BrFN/c1-2-9-21-17(18-14-5-3-4-6-15(14)18)10-12-7-8-13(19)11-16(12)20/h7-8,11,14-15,17-18,21H,2-6,9-10H2,1H3. The van der Waals surface area contributed by atoms with E-state index in [1.54, 1.807) is 6.07 Å². The number of hydrogen-bond acceptors (Lipinski definition) is 1. The summed E-state index contributed by atoms with van der Waals surface area (Å²) < 4.78 is 15.0. The van der Waals surface area contributed by atoms with Crippen molar-refractivity contribution in [1.82, 2.24) is 5.32 Å². The molecule has 0 saturated heterocycles. The van der Waals surface area contributed by atoms with Gasteiger partial charge in [-0.3, -0.25) is 0 Å². The smallest absolute Gasteiger partial charge is 0.127 e. The number of fused-ring (bicyclic) bond motifs is 1. The van der Waals surface area contributed by atoms with E-state index in [2.05, 4.69) is 28.2 Å². The fourth-order valence-corrected chi connectivity index (χ4v) is 4.58. The first-order valence-electron chi connectivity index (χ1n) is 8.38. The lowest BCUT2D eigenvalue weighted by Gasteiger charge is -2.20. The number of benzene rings is 1. The molecule has 0 heterocycles. The molecular weight excluding hydrogens is 329 g/mol. The van der Waals surface area contributed by atoms with Gasteiger partial charge < -0.3 is 5.32 Å². The molecule has 3 unspecified atom stereocenters. The van der Waals surface area contributed by atoms with Gasteiger partial charge in [-0.1, -0.05) is 41.8 Å². The summed E-state index contributed by atoms with van der Waals surface area (Å²) in [5, 5.41) is 3.70. The normalized spacial score (nSPS) is 29.0. The first kappa shape index (κ1) is 15.5.